The maximum absolute atomic E-state index is 13.6. The van der Waals surface area contributed by atoms with Gasteiger partial charge < -0.3 is 24.0 Å². The van der Waals surface area contributed by atoms with Crippen molar-refractivity contribution in [1.29, 1.82) is 0 Å². The quantitative estimate of drug-likeness (QED) is 0.0263. The number of carboxylic acid groups (broad SMARTS) is 1. The SMILES string of the molecule is CCCCCCCCCCCCCCCCCC(=O)OC[C@H](COP(=O)(O)N1CC[C@]1(CCCC[N+](C)(C)C)C(=O)O)OC(=O)CCCCCCCCCCCCCCCCC. The molecule has 0 radical (unpaired) electrons. The molecule has 1 rings (SSSR count). The number of unbranched alkanes of at least 4 members (excludes halogenated alkanes) is 29. The highest BCUT2D eigenvalue weighted by atomic mass is 31.2. The number of hydrogen-bond acceptors (Lipinski definition) is 7. The molecule has 0 spiro atoms. The molecule has 11 nitrogen and oxygen atoms in total. The number of carboxylic acids is 1. The van der Waals surface area contributed by atoms with Crippen molar-refractivity contribution >= 4 is 25.7 Å². The Morgan fingerprint density at radius 3 is 1.32 bits per heavy atom. The summed E-state index contributed by atoms with van der Waals surface area (Å²) < 4.78 is 32.1. The Balaban J connectivity index is 2.52. The first-order valence-corrected chi connectivity index (χ1v) is 27.4. The van der Waals surface area contributed by atoms with Gasteiger partial charge in [0.2, 0.25) is 0 Å². The maximum atomic E-state index is 13.6. The number of hydrogen-bond donors (Lipinski definition) is 2. The highest BCUT2D eigenvalue weighted by molar-refractivity contribution is 7.50. The molecule has 0 aromatic heterocycles. The zero-order valence-corrected chi connectivity index (χ0v) is 41.8. The van der Waals surface area contributed by atoms with Crippen molar-refractivity contribution in [2.45, 2.75) is 257 Å². The van der Waals surface area contributed by atoms with Gasteiger partial charge in [-0.1, -0.05) is 194 Å². The lowest BCUT2D eigenvalue weighted by Gasteiger charge is -2.50. The van der Waals surface area contributed by atoms with Crippen LogP contribution < -0.4 is 0 Å². The second-order valence-corrected chi connectivity index (χ2v) is 21.4. The van der Waals surface area contributed by atoms with Gasteiger partial charge in [0, 0.05) is 19.4 Å². The van der Waals surface area contributed by atoms with Crippen molar-refractivity contribution in [3.05, 3.63) is 0 Å². The van der Waals surface area contributed by atoms with Gasteiger partial charge in [0.1, 0.15) is 12.1 Å². The number of esters is 2. The zero-order chi connectivity index (χ0) is 45.8. The minimum absolute atomic E-state index is 0.104. The van der Waals surface area contributed by atoms with Crippen LogP contribution in [0.2, 0.25) is 0 Å². The summed E-state index contributed by atoms with van der Waals surface area (Å²) in [6, 6.07) is 0. The van der Waals surface area contributed by atoms with Crippen molar-refractivity contribution in [2.24, 2.45) is 0 Å². The number of quaternary nitrogens is 1. The van der Waals surface area contributed by atoms with Gasteiger partial charge in [-0.25, -0.2) is 4.57 Å². The molecule has 1 aliphatic rings. The fourth-order valence-corrected chi connectivity index (χ4v) is 10.2. The fraction of sp³-hybridized carbons (Fsp3) is 0.940. The monoisotopic (exact) mass is 902 g/mol. The van der Waals surface area contributed by atoms with Gasteiger partial charge >= 0.3 is 25.7 Å². The third-order valence-corrected chi connectivity index (χ3v) is 14.4. The van der Waals surface area contributed by atoms with Gasteiger partial charge in [0.15, 0.2) is 6.10 Å². The Kier molecular flexibility index (Phi) is 34.6. The van der Waals surface area contributed by atoms with Gasteiger partial charge in [-0.2, -0.15) is 4.67 Å². The van der Waals surface area contributed by atoms with Crippen LogP contribution in [0.5, 0.6) is 0 Å². The van der Waals surface area contributed by atoms with Crippen LogP contribution in [-0.4, -0.2) is 96.2 Å². The van der Waals surface area contributed by atoms with E-state index >= 15 is 0 Å². The Labute approximate surface area is 380 Å². The summed E-state index contributed by atoms with van der Waals surface area (Å²) >= 11 is 0. The van der Waals surface area contributed by atoms with E-state index in [1.54, 1.807) is 0 Å². The molecule has 0 bridgehead atoms. The molecule has 0 amide bonds. The van der Waals surface area contributed by atoms with E-state index < -0.39 is 43.9 Å². The lowest BCUT2D eigenvalue weighted by Crippen LogP contribution is -2.63. The lowest BCUT2D eigenvalue weighted by atomic mass is 9.83. The summed E-state index contributed by atoms with van der Waals surface area (Å²) in [5.74, 6) is -2.02. The molecule has 0 aromatic rings. The highest BCUT2D eigenvalue weighted by Crippen LogP contribution is 2.57. The minimum Gasteiger partial charge on any atom is -0.480 e. The first-order chi connectivity index (χ1) is 29.8. The summed E-state index contributed by atoms with van der Waals surface area (Å²) in [7, 11) is 1.63. The molecule has 1 heterocycles. The molecule has 1 aliphatic heterocycles. The molecule has 0 aliphatic carbocycles. The number of aliphatic carboxylic acids is 1. The van der Waals surface area contributed by atoms with E-state index in [9.17, 15) is 28.9 Å². The first kappa shape index (κ1) is 58.5. The Hall–Kier alpha value is -1.52. The van der Waals surface area contributed by atoms with Crippen LogP contribution in [0.4, 0.5) is 0 Å². The molecule has 0 saturated carbocycles. The van der Waals surface area contributed by atoms with E-state index in [1.807, 2.05) is 0 Å². The van der Waals surface area contributed by atoms with Gasteiger partial charge in [-0.15, -0.1) is 0 Å². The van der Waals surface area contributed by atoms with E-state index in [0.29, 0.717) is 19.3 Å². The number of carbonyl (C=O) groups excluding carboxylic acids is 2. The third kappa shape index (κ3) is 29.8. The van der Waals surface area contributed by atoms with E-state index in [0.717, 1.165) is 54.2 Å². The van der Waals surface area contributed by atoms with Crippen LogP contribution in [0, 0.1) is 0 Å². The standard InChI is InChI=1S/C50H97N2O9P/c1-6-8-10-12-14-16-18-20-22-24-26-28-30-32-34-38-47(53)59-44-46(61-48(54)39-35-33-31-29-27-25-23-21-19-17-15-13-11-9-7-2)45-60-62(57,58)51-42-41-50(51,49(55)56)40-36-37-43-52(3,4)5/h46H,6-45H2,1-5H3,(H-,55,56,57,58)/p+1/t46-,50-/m1/s1. The number of ether oxygens (including phenoxy) is 2. The largest absolute Gasteiger partial charge is 0.480 e. The molecule has 2 N–H and O–H groups in total. The Bertz CT molecular complexity index is 1180. The average Bonchev–Trinajstić information content (AvgIpc) is 3.20. The Morgan fingerprint density at radius 2 is 0.968 bits per heavy atom. The number of rotatable bonds is 45. The fourth-order valence-electron chi connectivity index (χ4n) is 8.58. The molecular formula is C50H98N2O9P+. The van der Waals surface area contributed by atoms with Crippen LogP contribution in [0.25, 0.3) is 0 Å². The van der Waals surface area contributed by atoms with Gasteiger partial charge in [-0.3, -0.25) is 18.9 Å². The van der Waals surface area contributed by atoms with E-state index in [1.165, 1.54) is 148 Å². The molecule has 62 heavy (non-hydrogen) atoms. The van der Waals surface area contributed by atoms with Crippen LogP contribution in [0.1, 0.15) is 245 Å². The van der Waals surface area contributed by atoms with Crippen molar-refractivity contribution in [2.75, 3.05) is 47.4 Å². The van der Waals surface area contributed by atoms with Crippen LogP contribution in [0.15, 0.2) is 0 Å². The molecule has 366 valence electrons. The molecular weight excluding hydrogens is 804 g/mol. The normalized spacial score (nSPS) is 17.1. The summed E-state index contributed by atoms with van der Waals surface area (Å²) in [5, 5.41) is 10.2. The van der Waals surface area contributed by atoms with E-state index in [4.69, 9.17) is 14.0 Å². The van der Waals surface area contributed by atoms with E-state index in [-0.39, 0.29) is 38.8 Å². The topological polar surface area (TPSA) is 140 Å². The van der Waals surface area contributed by atoms with Crippen LogP contribution in [0.3, 0.4) is 0 Å². The van der Waals surface area contributed by atoms with Gasteiger partial charge in [0.05, 0.1) is 34.3 Å². The Morgan fingerprint density at radius 1 is 0.581 bits per heavy atom. The smallest absolute Gasteiger partial charge is 0.406 e. The number of nitrogens with zero attached hydrogens (tertiary/aromatic N) is 2. The highest BCUT2D eigenvalue weighted by Gasteiger charge is 2.58. The first-order valence-electron chi connectivity index (χ1n) is 25.9. The van der Waals surface area contributed by atoms with Gasteiger partial charge in [0.25, 0.3) is 0 Å². The van der Waals surface area contributed by atoms with Crippen LogP contribution >= 0.6 is 7.75 Å². The summed E-state index contributed by atoms with van der Waals surface area (Å²) in [4.78, 5) is 49.2. The summed E-state index contributed by atoms with van der Waals surface area (Å²) in [6.07, 6.45) is 38.1. The van der Waals surface area contributed by atoms with Crippen molar-refractivity contribution in [1.82, 2.24) is 4.67 Å². The number of carbonyl (C=O) groups is 3. The van der Waals surface area contributed by atoms with Crippen molar-refractivity contribution in [3.63, 3.8) is 0 Å². The van der Waals surface area contributed by atoms with Crippen LogP contribution in [-0.2, 0) is 32.9 Å². The molecule has 1 saturated heterocycles. The van der Waals surface area contributed by atoms with Crippen molar-refractivity contribution < 1.29 is 47.4 Å². The van der Waals surface area contributed by atoms with Crippen molar-refractivity contribution in [3.8, 4) is 0 Å². The van der Waals surface area contributed by atoms with Gasteiger partial charge in [-0.05, 0) is 38.5 Å². The zero-order valence-electron chi connectivity index (χ0n) is 41.0. The minimum atomic E-state index is -4.58. The lowest BCUT2D eigenvalue weighted by molar-refractivity contribution is -0.870. The van der Waals surface area contributed by atoms with E-state index in [2.05, 4.69) is 35.0 Å². The molecule has 1 unspecified atom stereocenters. The molecule has 1 fully saturated rings. The second-order valence-electron chi connectivity index (χ2n) is 19.7. The molecule has 3 atom stereocenters. The maximum Gasteiger partial charge on any atom is 0.406 e. The third-order valence-electron chi connectivity index (χ3n) is 12.7. The predicted octanol–water partition coefficient (Wildman–Crippen LogP) is 13.5. The molecule has 0 aromatic carbocycles. The second kappa shape index (κ2) is 36.7. The summed E-state index contributed by atoms with van der Waals surface area (Å²) in [6.45, 7) is 4.69. The molecule has 12 heteroatoms. The summed E-state index contributed by atoms with van der Waals surface area (Å²) in [5.41, 5.74) is -1.49. The average molecular weight is 902 g/mol. The predicted molar refractivity (Wildman–Crippen MR) is 254 cm³/mol.